The second-order valence-electron chi connectivity index (χ2n) is 4.44. The van der Waals surface area contributed by atoms with Crippen molar-refractivity contribution in [2.75, 3.05) is 0 Å². The summed E-state index contributed by atoms with van der Waals surface area (Å²) in [6, 6.07) is 8.46. The lowest BCUT2D eigenvalue weighted by atomic mass is 10.0. The summed E-state index contributed by atoms with van der Waals surface area (Å²) in [5.41, 5.74) is 1.86. The number of rotatable bonds is 4. The summed E-state index contributed by atoms with van der Waals surface area (Å²) in [7, 11) is 0. The third kappa shape index (κ3) is 4.30. The number of carbonyl (C=O) groups is 1. The van der Waals surface area contributed by atoms with Gasteiger partial charge in [-0.1, -0.05) is 6.07 Å². The number of nitrogens with zero attached hydrogens (tertiary/aromatic N) is 1. The van der Waals surface area contributed by atoms with Gasteiger partial charge >= 0.3 is 6.36 Å². The Morgan fingerprint density at radius 1 is 1.19 bits per heavy atom. The summed E-state index contributed by atoms with van der Waals surface area (Å²) in [5.74, 6) is -0.566. The Balaban J connectivity index is 2.08. The number of halogens is 3. The van der Waals surface area contributed by atoms with Gasteiger partial charge in [-0.05, 0) is 42.8 Å². The fraction of sp³-hybridized carbons (Fsp3) is 0.200. The van der Waals surface area contributed by atoms with E-state index in [9.17, 15) is 18.0 Å². The maximum atomic E-state index is 12.1. The van der Waals surface area contributed by atoms with Crippen molar-refractivity contribution in [3.8, 4) is 5.75 Å². The van der Waals surface area contributed by atoms with Gasteiger partial charge in [-0.3, -0.25) is 9.78 Å². The molecule has 0 aliphatic rings. The zero-order chi connectivity index (χ0) is 15.5. The Bertz CT molecular complexity index is 636. The third-order valence-electron chi connectivity index (χ3n) is 2.86. The van der Waals surface area contributed by atoms with E-state index in [0.717, 1.165) is 17.7 Å². The van der Waals surface area contributed by atoms with Gasteiger partial charge in [0.1, 0.15) is 5.75 Å². The van der Waals surface area contributed by atoms with E-state index < -0.39 is 6.36 Å². The molecule has 0 fully saturated rings. The Morgan fingerprint density at radius 3 is 2.43 bits per heavy atom. The molecule has 0 bridgehead atoms. The van der Waals surface area contributed by atoms with Crippen LogP contribution in [0, 0.1) is 6.92 Å². The lowest BCUT2D eigenvalue weighted by Crippen LogP contribution is -2.17. The van der Waals surface area contributed by atoms with Crippen LogP contribution in [0.5, 0.6) is 5.75 Å². The zero-order valence-electron chi connectivity index (χ0n) is 11.1. The Kier molecular flexibility index (Phi) is 4.26. The van der Waals surface area contributed by atoms with Crippen molar-refractivity contribution in [3.63, 3.8) is 0 Å². The van der Waals surface area contributed by atoms with Crippen LogP contribution < -0.4 is 4.74 Å². The summed E-state index contributed by atoms with van der Waals surface area (Å²) >= 11 is 0. The minimum absolute atomic E-state index is 0.103. The lowest BCUT2D eigenvalue weighted by molar-refractivity contribution is -0.274. The van der Waals surface area contributed by atoms with Crippen LogP contribution >= 0.6 is 0 Å². The Hall–Kier alpha value is -2.37. The Morgan fingerprint density at radius 2 is 1.86 bits per heavy atom. The van der Waals surface area contributed by atoms with Crippen LogP contribution in [0.25, 0.3) is 0 Å². The van der Waals surface area contributed by atoms with Crippen molar-refractivity contribution in [1.29, 1.82) is 0 Å². The average Bonchev–Trinajstić information content (AvgIpc) is 2.40. The number of hydrogen-bond acceptors (Lipinski definition) is 3. The van der Waals surface area contributed by atoms with Crippen LogP contribution in [-0.2, 0) is 6.42 Å². The minimum Gasteiger partial charge on any atom is -0.406 e. The maximum Gasteiger partial charge on any atom is 0.573 e. The molecule has 2 rings (SSSR count). The molecule has 2 aromatic rings. The molecule has 6 heteroatoms. The number of pyridine rings is 1. The molecule has 1 aromatic carbocycles. The Labute approximate surface area is 119 Å². The van der Waals surface area contributed by atoms with Crippen LogP contribution in [0.15, 0.2) is 42.6 Å². The van der Waals surface area contributed by atoms with Crippen LogP contribution in [-0.4, -0.2) is 17.1 Å². The van der Waals surface area contributed by atoms with E-state index in [2.05, 4.69) is 9.72 Å². The topological polar surface area (TPSA) is 39.2 Å². The molecule has 0 atom stereocenters. The van der Waals surface area contributed by atoms with E-state index >= 15 is 0 Å². The van der Waals surface area contributed by atoms with E-state index in [1.807, 2.05) is 13.0 Å². The van der Waals surface area contributed by atoms with Crippen molar-refractivity contribution in [2.24, 2.45) is 0 Å². The van der Waals surface area contributed by atoms with Gasteiger partial charge in [0.05, 0.1) is 12.1 Å². The number of aromatic nitrogens is 1. The minimum atomic E-state index is -4.74. The first-order valence-corrected chi connectivity index (χ1v) is 6.14. The highest BCUT2D eigenvalue weighted by atomic mass is 19.4. The van der Waals surface area contributed by atoms with Crippen LogP contribution in [0.4, 0.5) is 13.2 Å². The number of alkyl halides is 3. The first-order valence-electron chi connectivity index (χ1n) is 6.14. The molecule has 0 aliphatic carbocycles. The van der Waals surface area contributed by atoms with Crippen molar-refractivity contribution >= 4 is 5.78 Å². The molecule has 21 heavy (non-hydrogen) atoms. The van der Waals surface area contributed by atoms with Crippen molar-refractivity contribution in [1.82, 2.24) is 4.98 Å². The molecule has 3 nitrogen and oxygen atoms in total. The first-order chi connectivity index (χ1) is 9.85. The number of benzene rings is 1. The molecule has 0 saturated carbocycles. The van der Waals surface area contributed by atoms with Crippen LogP contribution in [0.1, 0.15) is 21.6 Å². The SMILES string of the molecule is Cc1cccnc1CC(=O)c1ccc(OC(F)(F)F)cc1. The molecule has 0 amide bonds. The highest BCUT2D eigenvalue weighted by Gasteiger charge is 2.31. The van der Waals surface area contributed by atoms with Crippen molar-refractivity contribution in [3.05, 3.63) is 59.4 Å². The number of carbonyl (C=O) groups excluding carboxylic acids is 1. The van der Waals surface area contributed by atoms with E-state index in [-0.39, 0.29) is 18.0 Å². The van der Waals surface area contributed by atoms with E-state index in [1.165, 1.54) is 12.1 Å². The summed E-state index contributed by atoms with van der Waals surface area (Å²) in [4.78, 5) is 16.2. The molecule has 1 heterocycles. The van der Waals surface area contributed by atoms with Crippen molar-refractivity contribution in [2.45, 2.75) is 19.7 Å². The van der Waals surface area contributed by atoms with Gasteiger partial charge in [-0.2, -0.15) is 0 Å². The van der Waals surface area contributed by atoms with Gasteiger partial charge in [-0.15, -0.1) is 13.2 Å². The molecular formula is C15H12F3NO2. The number of Topliss-reactive ketones (excluding diaryl/α,β-unsaturated/α-hetero) is 1. The van der Waals surface area contributed by atoms with Gasteiger partial charge in [-0.25, -0.2) is 0 Å². The molecule has 0 aliphatic heterocycles. The smallest absolute Gasteiger partial charge is 0.406 e. The molecule has 0 N–H and O–H groups in total. The van der Waals surface area contributed by atoms with Gasteiger partial charge in [0.25, 0.3) is 0 Å². The van der Waals surface area contributed by atoms with Crippen LogP contribution in [0.2, 0.25) is 0 Å². The fourth-order valence-corrected chi connectivity index (χ4v) is 1.80. The lowest BCUT2D eigenvalue weighted by Gasteiger charge is -2.09. The standard InChI is InChI=1S/C15H12F3NO2/c1-10-3-2-8-19-13(10)9-14(20)11-4-6-12(7-5-11)21-15(16,17)18/h2-8H,9H2,1H3. The third-order valence-corrected chi connectivity index (χ3v) is 2.86. The van der Waals surface area contributed by atoms with E-state index in [4.69, 9.17) is 0 Å². The molecule has 0 saturated heterocycles. The maximum absolute atomic E-state index is 12.1. The molecule has 0 unspecified atom stereocenters. The molecular weight excluding hydrogens is 283 g/mol. The summed E-state index contributed by atoms with van der Waals surface area (Å²) < 4.78 is 39.9. The predicted molar refractivity (Wildman–Crippen MR) is 70.1 cm³/mol. The van der Waals surface area contributed by atoms with E-state index in [1.54, 1.807) is 12.3 Å². The monoisotopic (exact) mass is 295 g/mol. The molecule has 0 radical (unpaired) electrons. The summed E-state index contributed by atoms with van der Waals surface area (Å²) in [5, 5.41) is 0. The van der Waals surface area contributed by atoms with Crippen molar-refractivity contribution < 1.29 is 22.7 Å². The van der Waals surface area contributed by atoms with Gasteiger partial charge in [0.15, 0.2) is 5.78 Å². The summed E-state index contributed by atoms with van der Waals surface area (Å²) in [6.07, 6.45) is -3.04. The second kappa shape index (κ2) is 5.95. The fourth-order valence-electron chi connectivity index (χ4n) is 1.80. The quantitative estimate of drug-likeness (QED) is 0.807. The number of hydrogen-bond donors (Lipinski definition) is 0. The highest BCUT2D eigenvalue weighted by molar-refractivity contribution is 5.97. The van der Waals surface area contributed by atoms with Gasteiger partial charge in [0.2, 0.25) is 0 Å². The largest absolute Gasteiger partial charge is 0.573 e. The van der Waals surface area contributed by atoms with Crippen LogP contribution in [0.3, 0.4) is 0 Å². The summed E-state index contributed by atoms with van der Waals surface area (Å²) in [6.45, 7) is 1.84. The highest BCUT2D eigenvalue weighted by Crippen LogP contribution is 2.23. The van der Waals surface area contributed by atoms with E-state index in [0.29, 0.717) is 11.3 Å². The van der Waals surface area contributed by atoms with Gasteiger partial charge in [0, 0.05) is 11.8 Å². The average molecular weight is 295 g/mol. The molecule has 1 aromatic heterocycles. The predicted octanol–water partition coefficient (Wildman–Crippen LogP) is 3.71. The number of ether oxygens (including phenoxy) is 1. The molecule has 110 valence electrons. The second-order valence-corrected chi connectivity index (χ2v) is 4.44. The van der Waals surface area contributed by atoms with Gasteiger partial charge < -0.3 is 4.74 Å². The molecule has 0 spiro atoms. The number of ketones is 1. The zero-order valence-corrected chi connectivity index (χ0v) is 11.1. The number of aryl methyl sites for hydroxylation is 1. The first kappa shape index (κ1) is 15.0. The normalized spacial score (nSPS) is 11.2.